The van der Waals surface area contributed by atoms with Crippen LogP contribution in [-0.4, -0.2) is 10.8 Å². The lowest BCUT2D eigenvalue weighted by Gasteiger charge is -2.07. The summed E-state index contributed by atoms with van der Waals surface area (Å²) < 4.78 is 0.972. The molecule has 1 aromatic heterocycles. The minimum atomic E-state index is 0.390. The van der Waals surface area contributed by atoms with Crippen LogP contribution in [-0.2, 0) is 11.2 Å². The minimum absolute atomic E-state index is 0.390. The molecule has 0 N–H and O–H groups in total. The molecule has 0 aliphatic heterocycles. The van der Waals surface area contributed by atoms with Gasteiger partial charge in [-0.1, -0.05) is 0 Å². The largest absolute Gasteiger partial charge is 0.299 e. The first-order valence-corrected chi connectivity index (χ1v) is 7.66. The van der Waals surface area contributed by atoms with Gasteiger partial charge < -0.3 is 0 Å². The Balaban J connectivity index is 1.45. The van der Waals surface area contributed by atoms with E-state index in [2.05, 4.69) is 20.9 Å². The molecule has 1 aromatic rings. The van der Waals surface area contributed by atoms with Gasteiger partial charge in [-0.3, -0.25) is 9.78 Å². The van der Waals surface area contributed by atoms with Crippen LogP contribution in [0.2, 0.25) is 0 Å². The molecule has 1 heterocycles. The van der Waals surface area contributed by atoms with Gasteiger partial charge in [0.15, 0.2) is 0 Å². The molecule has 94 valence electrons. The van der Waals surface area contributed by atoms with Crippen LogP contribution in [0.15, 0.2) is 22.8 Å². The van der Waals surface area contributed by atoms with E-state index in [0.29, 0.717) is 18.1 Å². The Kier molecular flexibility index (Phi) is 2.41. The number of aromatic nitrogens is 1. The molecule has 18 heavy (non-hydrogen) atoms. The van der Waals surface area contributed by atoms with Crippen molar-refractivity contribution >= 4 is 21.7 Å². The highest BCUT2D eigenvalue weighted by atomic mass is 79.9. The molecule has 3 saturated carbocycles. The molecular weight excluding hydrogens is 290 g/mol. The molecule has 3 heteroatoms. The standard InChI is InChI=1S/C15H16BrNO/c16-10-3-4-11(17-7-10)6-12(18)15-13-8-1-2-9(5-8)14(13)15/h3-4,7-9,13-15H,1-2,5-6H2. The second-order valence-corrected chi connectivity index (χ2v) is 7.04. The third kappa shape index (κ3) is 1.59. The highest BCUT2D eigenvalue weighted by Crippen LogP contribution is 2.69. The van der Waals surface area contributed by atoms with Crippen LogP contribution in [0, 0.1) is 29.6 Å². The fraction of sp³-hybridized carbons (Fsp3) is 0.600. The van der Waals surface area contributed by atoms with Crippen LogP contribution in [0.25, 0.3) is 0 Å². The number of nitrogens with zero attached hydrogens (tertiary/aromatic N) is 1. The van der Waals surface area contributed by atoms with Crippen LogP contribution in [0.1, 0.15) is 25.0 Å². The fourth-order valence-corrected chi connectivity index (χ4v) is 4.80. The molecule has 3 aliphatic carbocycles. The highest BCUT2D eigenvalue weighted by molar-refractivity contribution is 9.10. The van der Waals surface area contributed by atoms with Gasteiger partial charge >= 0.3 is 0 Å². The first kappa shape index (κ1) is 11.2. The van der Waals surface area contributed by atoms with Gasteiger partial charge in [-0.15, -0.1) is 0 Å². The van der Waals surface area contributed by atoms with Crippen molar-refractivity contribution in [1.29, 1.82) is 0 Å². The number of Topliss-reactive ketones (excluding diaryl/α,β-unsaturated/α-hetero) is 1. The Bertz CT molecular complexity index is 482. The minimum Gasteiger partial charge on any atom is -0.299 e. The van der Waals surface area contributed by atoms with Crippen molar-refractivity contribution in [2.24, 2.45) is 29.6 Å². The molecule has 2 nitrogen and oxygen atoms in total. The smallest absolute Gasteiger partial charge is 0.142 e. The van der Waals surface area contributed by atoms with Crippen LogP contribution in [0.5, 0.6) is 0 Å². The molecule has 4 rings (SSSR count). The molecule has 4 unspecified atom stereocenters. The number of hydrogen-bond donors (Lipinski definition) is 0. The van der Waals surface area contributed by atoms with E-state index in [9.17, 15) is 4.79 Å². The van der Waals surface area contributed by atoms with E-state index < -0.39 is 0 Å². The van der Waals surface area contributed by atoms with Gasteiger partial charge in [0.25, 0.3) is 0 Å². The maximum absolute atomic E-state index is 12.3. The van der Waals surface area contributed by atoms with Gasteiger partial charge in [-0.05, 0) is 71.0 Å². The summed E-state index contributed by atoms with van der Waals surface area (Å²) in [5.41, 5.74) is 0.917. The van der Waals surface area contributed by atoms with Crippen LogP contribution in [0.4, 0.5) is 0 Å². The topological polar surface area (TPSA) is 30.0 Å². The van der Waals surface area contributed by atoms with Crippen LogP contribution in [0.3, 0.4) is 0 Å². The van der Waals surface area contributed by atoms with Crippen LogP contribution >= 0.6 is 15.9 Å². The lowest BCUT2D eigenvalue weighted by atomic mass is 9.98. The zero-order valence-corrected chi connectivity index (χ0v) is 11.8. The van der Waals surface area contributed by atoms with Gasteiger partial charge in [0.2, 0.25) is 0 Å². The molecule has 3 fully saturated rings. The van der Waals surface area contributed by atoms with Gasteiger partial charge in [-0.25, -0.2) is 0 Å². The second-order valence-electron chi connectivity index (χ2n) is 6.12. The lowest BCUT2D eigenvalue weighted by Crippen LogP contribution is -2.12. The summed E-state index contributed by atoms with van der Waals surface area (Å²) in [6, 6.07) is 3.92. The summed E-state index contributed by atoms with van der Waals surface area (Å²) >= 11 is 3.37. The molecule has 0 aromatic carbocycles. The summed E-state index contributed by atoms with van der Waals surface area (Å²) in [6.45, 7) is 0. The van der Waals surface area contributed by atoms with Crippen LogP contribution < -0.4 is 0 Å². The zero-order valence-electron chi connectivity index (χ0n) is 10.2. The lowest BCUT2D eigenvalue weighted by molar-refractivity contribution is -0.120. The van der Waals surface area contributed by atoms with Gasteiger partial charge in [0.1, 0.15) is 5.78 Å². The monoisotopic (exact) mass is 305 g/mol. The third-order valence-electron chi connectivity index (χ3n) is 5.25. The molecule has 0 spiro atoms. The van der Waals surface area contributed by atoms with E-state index in [1.165, 1.54) is 19.3 Å². The van der Waals surface area contributed by atoms with E-state index in [1.54, 1.807) is 6.20 Å². The highest BCUT2D eigenvalue weighted by Gasteiger charge is 2.66. The third-order valence-corrected chi connectivity index (χ3v) is 5.72. The van der Waals surface area contributed by atoms with Crippen molar-refractivity contribution in [2.45, 2.75) is 25.7 Å². The van der Waals surface area contributed by atoms with Crippen molar-refractivity contribution in [1.82, 2.24) is 4.98 Å². The number of halogens is 1. The predicted octanol–water partition coefficient (Wildman–Crippen LogP) is 3.25. The number of hydrogen-bond acceptors (Lipinski definition) is 2. The fourth-order valence-electron chi connectivity index (χ4n) is 4.56. The molecule has 0 amide bonds. The summed E-state index contributed by atoms with van der Waals surface area (Å²) in [6.07, 6.45) is 6.48. The predicted molar refractivity (Wildman–Crippen MR) is 71.9 cm³/mol. The van der Waals surface area contributed by atoms with E-state index >= 15 is 0 Å². The van der Waals surface area contributed by atoms with E-state index in [1.807, 2.05) is 12.1 Å². The summed E-state index contributed by atoms with van der Waals surface area (Å²) in [4.78, 5) is 16.6. The maximum Gasteiger partial charge on any atom is 0.142 e. The zero-order chi connectivity index (χ0) is 12.3. The average Bonchev–Trinajstić information content (AvgIpc) is 2.82. The number of ketones is 1. The number of rotatable bonds is 3. The Labute approximate surface area is 115 Å². The summed E-state index contributed by atoms with van der Waals surface area (Å²) in [5.74, 6) is 4.11. The second kappa shape index (κ2) is 3.89. The van der Waals surface area contributed by atoms with Crippen molar-refractivity contribution in [3.05, 3.63) is 28.5 Å². The first-order chi connectivity index (χ1) is 8.74. The SMILES string of the molecule is O=C(Cc1ccc(Br)cn1)C1C2C3CCC(C3)C12. The number of carbonyl (C=O) groups is 1. The van der Waals surface area contributed by atoms with E-state index in [-0.39, 0.29) is 0 Å². The molecule has 0 radical (unpaired) electrons. The first-order valence-electron chi connectivity index (χ1n) is 6.87. The van der Waals surface area contributed by atoms with E-state index in [4.69, 9.17) is 0 Å². The Morgan fingerprint density at radius 3 is 2.61 bits per heavy atom. The summed E-state index contributed by atoms with van der Waals surface area (Å²) in [7, 11) is 0. The van der Waals surface area contributed by atoms with Crippen molar-refractivity contribution < 1.29 is 4.79 Å². The molecule has 2 bridgehead atoms. The van der Waals surface area contributed by atoms with Gasteiger partial charge in [-0.2, -0.15) is 0 Å². The molecule has 3 aliphatic rings. The van der Waals surface area contributed by atoms with Gasteiger partial charge in [0.05, 0.1) is 0 Å². The molecule has 4 atom stereocenters. The summed E-state index contributed by atoms with van der Waals surface area (Å²) in [5, 5.41) is 0. The van der Waals surface area contributed by atoms with Gasteiger partial charge in [0, 0.05) is 28.7 Å². The van der Waals surface area contributed by atoms with Crippen molar-refractivity contribution in [2.75, 3.05) is 0 Å². The molecular formula is C15H16BrNO. The molecule has 0 saturated heterocycles. The number of carbonyl (C=O) groups excluding carboxylic acids is 1. The Hall–Kier alpha value is -0.700. The Morgan fingerprint density at radius 2 is 2.00 bits per heavy atom. The number of pyridine rings is 1. The normalized spacial score (nSPS) is 39.7. The van der Waals surface area contributed by atoms with Crippen molar-refractivity contribution in [3.63, 3.8) is 0 Å². The van der Waals surface area contributed by atoms with Crippen molar-refractivity contribution in [3.8, 4) is 0 Å². The Morgan fingerprint density at radius 1 is 1.28 bits per heavy atom. The number of fused-ring (bicyclic) bond motifs is 5. The maximum atomic E-state index is 12.3. The van der Waals surface area contributed by atoms with E-state index in [0.717, 1.165) is 33.8 Å². The average molecular weight is 306 g/mol. The quantitative estimate of drug-likeness (QED) is 0.858.